The summed E-state index contributed by atoms with van der Waals surface area (Å²) in [6.45, 7) is 2.18. The summed E-state index contributed by atoms with van der Waals surface area (Å²) in [5.41, 5.74) is 1.09. The van der Waals surface area contributed by atoms with Crippen molar-refractivity contribution in [1.29, 1.82) is 0 Å². The van der Waals surface area contributed by atoms with Crippen molar-refractivity contribution in [2.24, 2.45) is 0 Å². The van der Waals surface area contributed by atoms with Crippen molar-refractivity contribution >= 4 is 5.69 Å². The quantitative estimate of drug-likeness (QED) is 0.798. The van der Waals surface area contributed by atoms with Gasteiger partial charge in [-0.25, -0.2) is 0 Å². The molecule has 1 heterocycles. The van der Waals surface area contributed by atoms with Gasteiger partial charge >= 0.3 is 0 Å². The first kappa shape index (κ1) is 11.3. The minimum absolute atomic E-state index is 0.696. The van der Waals surface area contributed by atoms with Gasteiger partial charge < -0.3 is 15.4 Å². The molecule has 1 unspecified atom stereocenters. The number of hydrogen-bond acceptors (Lipinski definition) is 3. The Kier molecular flexibility index (Phi) is 4.05. The maximum Gasteiger partial charge on any atom is 0.141 e. The molecule has 0 aliphatic carbocycles. The van der Waals surface area contributed by atoms with E-state index in [-0.39, 0.29) is 0 Å². The first-order valence-corrected chi connectivity index (χ1v) is 6.00. The summed E-state index contributed by atoms with van der Waals surface area (Å²) in [5.74, 6) is 0.918. The summed E-state index contributed by atoms with van der Waals surface area (Å²) in [6, 6.07) is 8.75. The summed E-state index contributed by atoms with van der Waals surface area (Å²) in [5, 5.41) is 6.93. The van der Waals surface area contributed by atoms with Crippen LogP contribution in [0.3, 0.4) is 0 Å². The number of nitrogens with one attached hydrogen (secondary N) is 2. The van der Waals surface area contributed by atoms with Crippen LogP contribution < -0.4 is 15.4 Å². The number of benzene rings is 1. The Hall–Kier alpha value is -1.22. The Bertz CT molecular complexity index is 321. The van der Waals surface area contributed by atoms with Crippen LogP contribution in [0.2, 0.25) is 0 Å². The lowest BCUT2D eigenvalue weighted by molar-refractivity contribution is 0.416. The number of methoxy groups -OCH3 is 1. The highest BCUT2D eigenvalue weighted by atomic mass is 16.5. The fourth-order valence-corrected chi connectivity index (χ4v) is 2.17. The summed E-state index contributed by atoms with van der Waals surface area (Å²) >= 11 is 0. The second-order valence-corrected chi connectivity index (χ2v) is 4.21. The van der Waals surface area contributed by atoms with Gasteiger partial charge in [0.15, 0.2) is 0 Å². The van der Waals surface area contributed by atoms with Gasteiger partial charge in [0.05, 0.1) is 12.8 Å². The van der Waals surface area contributed by atoms with Crippen molar-refractivity contribution in [3.05, 3.63) is 24.3 Å². The number of anilines is 1. The average molecular weight is 220 g/mol. The first-order chi connectivity index (χ1) is 7.90. The van der Waals surface area contributed by atoms with Gasteiger partial charge in [0.2, 0.25) is 0 Å². The first-order valence-electron chi connectivity index (χ1n) is 6.00. The molecular formula is C13H20N2O. The molecule has 88 valence electrons. The van der Waals surface area contributed by atoms with Crippen LogP contribution in [0, 0.1) is 0 Å². The number of ether oxygens (including phenoxy) is 1. The summed E-state index contributed by atoms with van der Waals surface area (Å²) < 4.78 is 5.29. The average Bonchev–Trinajstić information content (AvgIpc) is 2.83. The van der Waals surface area contributed by atoms with Crippen molar-refractivity contribution in [3.8, 4) is 5.75 Å². The van der Waals surface area contributed by atoms with Crippen LogP contribution in [-0.2, 0) is 0 Å². The molecule has 1 saturated heterocycles. The van der Waals surface area contributed by atoms with Crippen molar-refractivity contribution in [3.63, 3.8) is 0 Å². The molecule has 0 saturated carbocycles. The van der Waals surface area contributed by atoms with E-state index in [4.69, 9.17) is 4.74 Å². The summed E-state index contributed by atoms with van der Waals surface area (Å²) in [6.07, 6.45) is 3.81. The Labute approximate surface area is 97.2 Å². The van der Waals surface area contributed by atoms with Crippen LogP contribution >= 0.6 is 0 Å². The molecule has 16 heavy (non-hydrogen) atoms. The van der Waals surface area contributed by atoms with Gasteiger partial charge in [-0.05, 0) is 37.9 Å². The van der Waals surface area contributed by atoms with Crippen LogP contribution in [0.15, 0.2) is 24.3 Å². The van der Waals surface area contributed by atoms with Crippen LogP contribution in [0.25, 0.3) is 0 Å². The number of hydrogen-bond donors (Lipinski definition) is 2. The molecule has 0 spiro atoms. The molecule has 1 aromatic carbocycles. The highest BCUT2D eigenvalue weighted by Crippen LogP contribution is 2.23. The molecule has 1 aliphatic heterocycles. The van der Waals surface area contributed by atoms with E-state index in [2.05, 4.69) is 16.7 Å². The topological polar surface area (TPSA) is 33.3 Å². The third kappa shape index (κ3) is 2.89. The van der Waals surface area contributed by atoms with E-state index >= 15 is 0 Å². The fourth-order valence-electron chi connectivity index (χ4n) is 2.17. The standard InChI is InChI=1S/C13H20N2O/c1-16-13-7-3-2-6-12(13)15-10-8-11-5-4-9-14-11/h2-3,6-7,11,14-15H,4-5,8-10H2,1H3. The zero-order valence-corrected chi connectivity index (χ0v) is 9.83. The van der Waals surface area contributed by atoms with Gasteiger partial charge in [-0.3, -0.25) is 0 Å². The maximum atomic E-state index is 5.29. The van der Waals surface area contributed by atoms with Gasteiger partial charge in [-0.2, -0.15) is 0 Å². The van der Waals surface area contributed by atoms with Gasteiger partial charge in [0.25, 0.3) is 0 Å². The van der Waals surface area contributed by atoms with Crippen molar-refractivity contribution < 1.29 is 4.74 Å². The molecule has 2 N–H and O–H groups in total. The second kappa shape index (κ2) is 5.75. The molecule has 3 nitrogen and oxygen atoms in total. The van der Waals surface area contributed by atoms with E-state index in [0.29, 0.717) is 6.04 Å². The lowest BCUT2D eigenvalue weighted by Gasteiger charge is -2.13. The smallest absolute Gasteiger partial charge is 0.141 e. The lowest BCUT2D eigenvalue weighted by atomic mass is 10.1. The zero-order chi connectivity index (χ0) is 11.2. The molecule has 2 rings (SSSR count). The van der Waals surface area contributed by atoms with E-state index < -0.39 is 0 Å². The summed E-state index contributed by atoms with van der Waals surface area (Å²) in [4.78, 5) is 0. The van der Waals surface area contributed by atoms with E-state index in [1.165, 1.54) is 25.8 Å². The van der Waals surface area contributed by atoms with Crippen LogP contribution in [0.5, 0.6) is 5.75 Å². The van der Waals surface area contributed by atoms with E-state index in [9.17, 15) is 0 Å². The van der Waals surface area contributed by atoms with Crippen LogP contribution in [0.1, 0.15) is 19.3 Å². The van der Waals surface area contributed by atoms with Crippen LogP contribution in [-0.4, -0.2) is 26.2 Å². The molecule has 0 amide bonds. The minimum Gasteiger partial charge on any atom is -0.495 e. The molecule has 3 heteroatoms. The van der Waals surface area contributed by atoms with Gasteiger partial charge in [-0.1, -0.05) is 12.1 Å². The lowest BCUT2D eigenvalue weighted by Crippen LogP contribution is -2.24. The molecule has 1 aliphatic rings. The third-order valence-electron chi connectivity index (χ3n) is 3.08. The molecule has 0 radical (unpaired) electrons. The molecule has 0 bridgehead atoms. The van der Waals surface area contributed by atoms with Crippen molar-refractivity contribution in [2.75, 3.05) is 25.5 Å². The molecule has 1 atom stereocenters. The van der Waals surface area contributed by atoms with Gasteiger partial charge in [0.1, 0.15) is 5.75 Å². The predicted octanol–water partition coefficient (Wildman–Crippen LogP) is 2.25. The Morgan fingerprint density at radius 3 is 3.06 bits per heavy atom. The SMILES string of the molecule is COc1ccccc1NCCC1CCCN1. The van der Waals surface area contributed by atoms with Crippen molar-refractivity contribution in [2.45, 2.75) is 25.3 Å². The second-order valence-electron chi connectivity index (χ2n) is 4.21. The molecule has 1 aromatic rings. The minimum atomic E-state index is 0.696. The predicted molar refractivity (Wildman–Crippen MR) is 67.1 cm³/mol. The fraction of sp³-hybridized carbons (Fsp3) is 0.538. The molecular weight excluding hydrogens is 200 g/mol. The monoisotopic (exact) mass is 220 g/mol. The Morgan fingerprint density at radius 2 is 2.31 bits per heavy atom. The Morgan fingerprint density at radius 1 is 1.44 bits per heavy atom. The van der Waals surface area contributed by atoms with E-state index in [1.807, 2.05) is 18.2 Å². The largest absolute Gasteiger partial charge is 0.495 e. The zero-order valence-electron chi connectivity index (χ0n) is 9.83. The molecule has 1 fully saturated rings. The third-order valence-corrected chi connectivity index (χ3v) is 3.08. The molecule has 0 aromatic heterocycles. The van der Waals surface area contributed by atoms with Gasteiger partial charge in [0, 0.05) is 12.6 Å². The normalized spacial score (nSPS) is 19.7. The van der Waals surface area contributed by atoms with E-state index in [1.54, 1.807) is 7.11 Å². The summed E-state index contributed by atoms with van der Waals surface area (Å²) in [7, 11) is 1.71. The highest BCUT2D eigenvalue weighted by molar-refractivity contribution is 5.55. The number of rotatable bonds is 5. The number of para-hydroxylation sites is 2. The highest BCUT2D eigenvalue weighted by Gasteiger charge is 2.13. The Balaban J connectivity index is 1.79. The van der Waals surface area contributed by atoms with E-state index in [0.717, 1.165) is 18.0 Å². The maximum absolute atomic E-state index is 5.29. The van der Waals surface area contributed by atoms with Gasteiger partial charge in [-0.15, -0.1) is 0 Å². The van der Waals surface area contributed by atoms with Crippen LogP contribution in [0.4, 0.5) is 5.69 Å². The van der Waals surface area contributed by atoms with Crippen molar-refractivity contribution in [1.82, 2.24) is 5.32 Å².